The highest BCUT2D eigenvalue weighted by molar-refractivity contribution is 5.90. The van der Waals surface area contributed by atoms with Crippen molar-refractivity contribution >= 4 is 29.8 Å². The van der Waals surface area contributed by atoms with Crippen molar-refractivity contribution in [3.05, 3.63) is 89.5 Å². The van der Waals surface area contributed by atoms with Crippen molar-refractivity contribution in [2.45, 2.75) is 38.4 Å². The van der Waals surface area contributed by atoms with Gasteiger partial charge in [0.2, 0.25) is 11.7 Å². The van der Waals surface area contributed by atoms with Crippen molar-refractivity contribution in [1.29, 1.82) is 0 Å². The molecule has 2 aromatic carbocycles. The summed E-state index contributed by atoms with van der Waals surface area (Å²) in [5.74, 6) is -5.06. The molecular weight excluding hydrogens is 642 g/mol. The van der Waals surface area contributed by atoms with Crippen LogP contribution < -0.4 is 10.1 Å². The lowest BCUT2D eigenvalue weighted by Gasteiger charge is -2.35. The van der Waals surface area contributed by atoms with E-state index in [1.165, 1.54) is 0 Å². The normalized spacial score (nSPS) is 20.2. The van der Waals surface area contributed by atoms with Gasteiger partial charge in [0.05, 0.1) is 24.8 Å². The second kappa shape index (κ2) is 18.5. The quantitative estimate of drug-likeness (QED) is 0.239. The van der Waals surface area contributed by atoms with Crippen LogP contribution in [-0.4, -0.2) is 118 Å². The molecule has 49 heavy (non-hydrogen) atoms. The summed E-state index contributed by atoms with van der Waals surface area (Å²) >= 11 is 0. The first-order valence-corrected chi connectivity index (χ1v) is 15.4. The third-order valence-corrected chi connectivity index (χ3v) is 7.28. The molecule has 3 aliphatic heterocycles. The molecule has 3 aliphatic rings. The van der Waals surface area contributed by atoms with Crippen LogP contribution in [0.5, 0.6) is 5.75 Å². The molecule has 2 atom stereocenters. The Morgan fingerprint density at radius 2 is 1.31 bits per heavy atom. The number of nitrogens with one attached hydrogen (secondary N) is 1. The standard InChI is InChI=1S/C26H33N3O4.2C4H4O4/c1-19(2)27-25(30)16-29-13-11-28(12-14-29)15-21-18-32-26(33-21)22-8-4-3-7-20(22)17-31-24-10-6-5-9-23(24)26;2*5-3(6)1-2-4(7)8/h3-10,19,21H,11-18H2,1-2H3,(H,27,30);2*1-2H,(H,5,6)(H,7,8)/b;2*2-1+. The molecule has 0 bridgehead atoms. The van der Waals surface area contributed by atoms with Crippen molar-refractivity contribution < 1.29 is 58.6 Å². The zero-order valence-corrected chi connectivity index (χ0v) is 27.2. The molecule has 2 aromatic rings. The summed E-state index contributed by atoms with van der Waals surface area (Å²) in [6.07, 6.45) is 2.19. The van der Waals surface area contributed by atoms with Gasteiger partial charge in [-0.15, -0.1) is 0 Å². The average Bonchev–Trinajstić information content (AvgIpc) is 3.41. The van der Waals surface area contributed by atoms with Gasteiger partial charge < -0.3 is 40.0 Å². The Labute approximate surface area is 283 Å². The van der Waals surface area contributed by atoms with Crippen LogP contribution in [-0.2, 0) is 45.8 Å². The highest BCUT2D eigenvalue weighted by Gasteiger charge is 2.49. The van der Waals surface area contributed by atoms with Crippen LogP contribution in [0.4, 0.5) is 0 Å². The third-order valence-electron chi connectivity index (χ3n) is 7.28. The number of hydrogen-bond acceptors (Lipinski definition) is 10. The number of ether oxygens (including phenoxy) is 3. The van der Waals surface area contributed by atoms with E-state index in [2.05, 4.69) is 27.2 Å². The minimum Gasteiger partial charge on any atom is -0.488 e. The number of piperazine rings is 1. The second-order valence-corrected chi connectivity index (χ2v) is 11.4. The number of amides is 1. The smallest absolute Gasteiger partial charge is 0.328 e. The summed E-state index contributed by atoms with van der Waals surface area (Å²) in [6, 6.07) is 16.4. The van der Waals surface area contributed by atoms with E-state index in [0.29, 0.717) is 44.1 Å². The molecular formula is C34H41N3O12. The summed E-state index contributed by atoms with van der Waals surface area (Å²) < 4.78 is 19.3. The fraction of sp³-hybridized carbons (Fsp3) is 0.382. The zero-order valence-electron chi connectivity index (χ0n) is 27.2. The van der Waals surface area contributed by atoms with Crippen LogP contribution in [0.25, 0.3) is 0 Å². The number of carbonyl (C=O) groups is 5. The van der Waals surface area contributed by atoms with Crippen LogP contribution >= 0.6 is 0 Å². The van der Waals surface area contributed by atoms with Gasteiger partial charge in [0.15, 0.2) is 0 Å². The van der Waals surface area contributed by atoms with Gasteiger partial charge in [0.25, 0.3) is 0 Å². The van der Waals surface area contributed by atoms with Gasteiger partial charge in [0.1, 0.15) is 12.4 Å². The first-order valence-electron chi connectivity index (χ1n) is 15.4. The number of carboxylic acids is 4. The number of benzene rings is 2. The molecule has 5 rings (SSSR count). The molecule has 1 spiro atoms. The SMILES string of the molecule is CC(C)NC(=O)CN1CCN(CC2COC3(O2)c2ccccc2COc2ccccc23)CC1.O=C(O)/C=C/C(=O)O.O=C(O)/C=C/C(=O)O. The Kier molecular flexibility index (Phi) is 14.4. The van der Waals surface area contributed by atoms with Crippen molar-refractivity contribution in [1.82, 2.24) is 15.1 Å². The van der Waals surface area contributed by atoms with Gasteiger partial charge in [-0.25, -0.2) is 19.2 Å². The van der Waals surface area contributed by atoms with Crippen LogP contribution in [0, 0.1) is 0 Å². The topological polar surface area (TPSA) is 212 Å². The summed E-state index contributed by atoms with van der Waals surface area (Å²) in [6.45, 7) is 9.86. The number of carboxylic acid groups (broad SMARTS) is 4. The van der Waals surface area contributed by atoms with E-state index in [1.54, 1.807) is 0 Å². The molecule has 264 valence electrons. The molecule has 0 radical (unpaired) electrons. The molecule has 2 saturated heterocycles. The highest BCUT2D eigenvalue weighted by Crippen LogP contribution is 2.47. The number of nitrogens with zero attached hydrogens (tertiary/aromatic N) is 2. The van der Waals surface area contributed by atoms with E-state index in [0.717, 1.165) is 55.2 Å². The summed E-state index contributed by atoms with van der Waals surface area (Å²) in [5.41, 5.74) is 3.04. The van der Waals surface area contributed by atoms with Crippen molar-refractivity contribution in [3.8, 4) is 5.75 Å². The molecule has 15 heteroatoms. The maximum absolute atomic E-state index is 12.1. The molecule has 3 heterocycles. The highest BCUT2D eigenvalue weighted by atomic mass is 16.7. The van der Waals surface area contributed by atoms with E-state index in [-0.39, 0.29) is 18.1 Å². The van der Waals surface area contributed by atoms with Gasteiger partial charge in [-0.2, -0.15) is 0 Å². The largest absolute Gasteiger partial charge is 0.488 e. The van der Waals surface area contributed by atoms with Crippen molar-refractivity contribution in [3.63, 3.8) is 0 Å². The number of carbonyl (C=O) groups excluding carboxylic acids is 1. The minimum absolute atomic E-state index is 0.0417. The zero-order chi connectivity index (χ0) is 36.0. The van der Waals surface area contributed by atoms with E-state index < -0.39 is 29.7 Å². The molecule has 15 nitrogen and oxygen atoms in total. The van der Waals surface area contributed by atoms with Crippen LogP contribution in [0.2, 0.25) is 0 Å². The van der Waals surface area contributed by atoms with Gasteiger partial charge in [-0.05, 0) is 31.5 Å². The van der Waals surface area contributed by atoms with E-state index in [1.807, 2.05) is 50.2 Å². The Balaban J connectivity index is 0.000000338. The molecule has 5 N–H and O–H groups in total. The fourth-order valence-corrected chi connectivity index (χ4v) is 5.29. The number of para-hydroxylation sites is 1. The molecule has 2 unspecified atom stereocenters. The number of aliphatic carboxylic acids is 4. The number of rotatable bonds is 9. The third kappa shape index (κ3) is 12.1. The maximum atomic E-state index is 12.1. The Hall–Kier alpha value is -5.09. The average molecular weight is 684 g/mol. The Bertz CT molecular complexity index is 1420. The molecule has 0 aliphatic carbocycles. The lowest BCUT2D eigenvalue weighted by Crippen LogP contribution is -2.51. The number of fused-ring (bicyclic) bond motifs is 4. The first-order chi connectivity index (χ1) is 23.3. The van der Waals surface area contributed by atoms with Crippen LogP contribution in [0.3, 0.4) is 0 Å². The molecule has 0 aromatic heterocycles. The summed E-state index contributed by atoms with van der Waals surface area (Å²) in [7, 11) is 0. The lowest BCUT2D eigenvalue weighted by molar-refractivity contribution is -0.145. The van der Waals surface area contributed by atoms with Gasteiger partial charge in [0, 0.05) is 68.6 Å². The molecule has 0 saturated carbocycles. The predicted molar refractivity (Wildman–Crippen MR) is 174 cm³/mol. The lowest BCUT2D eigenvalue weighted by atomic mass is 9.93. The Morgan fingerprint density at radius 1 is 0.796 bits per heavy atom. The second-order valence-electron chi connectivity index (χ2n) is 11.4. The van der Waals surface area contributed by atoms with E-state index in [9.17, 15) is 24.0 Å². The molecule has 2 fully saturated rings. The number of hydrogen-bond donors (Lipinski definition) is 5. The molecule has 1 amide bonds. The van der Waals surface area contributed by atoms with Crippen molar-refractivity contribution in [2.75, 3.05) is 45.9 Å². The predicted octanol–water partition coefficient (Wildman–Crippen LogP) is 1.76. The Morgan fingerprint density at radius 3 is 1.86 bits per heavy atom. The van der Waals surface area contributed by atoms with Gasteiger partial charge in [-0.3, -0.25) is 14.6 Å². The maximum Gasteiger partial charge on any atom is 0.328 e. The fourth-order valence-electron chi connectivity index (χ4n) is 5.29. The minimum atomic E-state index is -1.26. The van der Waals surface area contributed by atoms with Crippen LogP contribution in [0.1, 0.15) is 30.5 Å². The summed E-state index contributed by atoms with van der Waals surface area (Å²) in [5, 5.41) is 34.2. The first kappa shape index (κ1) is 38.4. The van der Waals surface area contributed by atoms with Crippen molar-refractivity contribution in [2.24, 2.45) is 0 Å². The monoisotopic (exact) mass is 683 g/mol. The van der Waals surface area contributed by atoms with Gasteiger partial charge >= 0.3 is 23.9 Å². The van der Waals surface area contributed by atoms with E-state index >= 15 is 0 Å². The summed E-state index contributed by atoms with van der Waals surface area (Å²) in [4.78, 5) is 54.9. The van der Waals surface area contributed by atoms with Crippen LogP contribution in [0.15, 0.2) is 72.8 Å². The van der Waals surface area contributed by atoms with E-state index in [4.69, 9.17) is 34.6 Å². The van der Waals surface area contributed by atoms with Gasteiger partial charge in [-0.1, -0.05) is 36.4 Å².